The molecule has 3 N–H and O–H groups in total. The van der Waals surface area contributed by atoms with Crippen LogP contribution in [-0.2, 0) is 13.6 Å². The normalized spacial score (nSPS) is 11.9. The fourth-order valence-corrected chi connectivity index (χ4v) is 3.34. The minimum Gasteiger partial charge on any atom is -0.493 e. The van der Waals surface area contributed by atoms with Crippen molar-refractivity contribution in [2.24, 2.45) is 17.3 Å². The molecule has 3 aromatic heterocycles. The lowest BCUT2D eigenvalue weighted by Crippen LogP contribution is -2.29. The lowest BCUT2D eigenvalue weighted by atomic mass is 10.2. The summed E-state index contributed by atoms with van der Waals surface area (Å²) < 4.78 is 2.94. The maximum absolute atomic E-state index is 12.4. The van der Waals surface area contributed by atoms with Gasteiger partial charge in [-0.05, 0) is 12.5 Å². The van der Waals surface area contributed by atoms with Crippen LogP contribution in [-0.4, -0.2) is 29.2 Å². The van der Waals surface area contributed by atoms with Gasteiger partial charge in [-0.25, -0.2) is 4.79 Å². The molecule has 0 radical (unpaired) electrons. The van der Waals surface area contributed by atoms with E-state index >= 15 is 0 Å². The number of benzene rings is 1. The number of rotatable bonds is 6. The van der Waals surface area contributed by atoms with Gasteiger partial charge in [0.2, 0.25) is 5.88 Å². The third kappa shape index (κ3) is 3.22. The summed E-state index contributed by atoms with van der Waals surface area (Å²) in [6.07, 6.45) is 2.82. The maximum Gasteiger partial charge on any atom is 0.329 e. The second kappa shape index (κ2) is 7.38. The van der Waals surface area contributed by atoms with Gasteiger partial charge in [-0.3, -0.25) is 14.3 Å². The van der Waals surface area contributed by atoms with E-state index in [2.05, 4.69) is 32.1 Å². The highest BCUT2D eigenvalue weighted by Gasteiger charge is 2.17. The molecule has 0 amide bonds. The molecule has 0 bridgehead atoms. The SMILES string of the molecule is CCCCCn1c(N=Nc2c(O)[nH]c3ccccc23)nc2c1c(=O)[nH]c(=O)n2C. The van der Waals surface area contributed by atoms with Crippen molar-refractivity contribution in [1.82, 2.24) is 24.1 Å². The van der Waals surface area contributed by atoms with E-state index < -0.39 is 11.2 Å². The number of nitrogens with one attached hydrogen (secondary N) is 2. The van der Waals surface area contributed by atoms with Gasteiger partial charge < -0.3 is 14.7 Å². The Morgan fingerprint density at radius 2 is 1.93 bits per heavy atom. The maximum atomic E-state index is 12.4. The van der Waals surface area contributed by atoms with Crippen LogP contribution in [0.15, 0.2) is 44.1 Å². The highest BCUT2D eigenvalue weighted by molar-refractivity contribution is 5.94. The quantitative estimate of drug-likeness (QED) is 0.341. The first kappa shape index (κ1) is 18.7. The summed E-state index contributed by atoms with van der Waals surface area (Å²) in [4.78, 5) is 33.9. The van der Waals surface area contributed by atoms with Crippen molar-refractivity contribution in [2.45, 2.75) is 32.7 Å². The van der Waals surface area contributed by atoms with Crippen LogP contribution in [0.1, 0.15) is 26.2 Å². The predicted molar refractivity (Wildman–Crippen MR) is 109 cm³/mol. The average Bonchev–Trinajstić information content (AvgIpc) is 3.22. The molecule has 150 valence electrons. The first-order chi connectivity index (χ1) is 14.0. The summed E-state index contributed by atoms with van der Waals surface area (Å²) in [6.45, 7) is 2.60. The average molecular weight is 395 g/mol. The number of hydrogen-bond acceptors (Lipinski definition) is 6. The Bertz CT molecular complexity index is 1340. The number of H-pyrrole nitrogens is 2. The minimum absolute atomic E-state index is 0.103. The number of nitrogens with zero attached hydrogens (tertiary/aromatic N) is 5. The van der Waals surface area contributed by atoms with E-state index in [0.717, 1.165) is 24.8 Å². The minimum atomic E-state index is -0.543. The number of azo groups is 1. The van der Waals surface area contributed by atoms with E-state index in [1.165, 1.54) is 11.6 Å². The number of aromatic amines is 2. The molecule has 0 saturated heterocycles. The van der Waals surface area contributed by atoms with E-state index in [4.69, 9.17) is 0 Å². The van der Waals surface area contributed by atoms with Gasteiger partial charge in [0.05, 0.1) is 5.52 Å². The van der Waals surface area contributed by atoms with Crippen molar-refractivity contribution in [1.29, 1.82) is 0 Å². The number of fused-ring (bicyclic) bond motifs is 2. The molecule has 29 heavy (non-hydrogen) atoms. The zero-order valence-corrected chi connectivity index (χ0v) is 16.1. The third-order valence-corrected chi connectivity index (χ3v) is 4.87. The van der Waals surface area contributed by atoms with Crippen molar-refractivity contribution in [2.75, 3.05) is 0 Å². The van der Waals surface area contributed by atoms with Gasteiger partial charge >= 0.3 is 5.69 Å². The van der Waals surface area contributed by atoms with Crippen LogP contribution >= 0.6 is 0 Å². The molecule has 1 aromatic carbocycles. The second-order valence-electron chi connectivity index (χ2n) is 6.83. The number of aromatic nitrogens is 5. The molecule has 3 heterocycles. The summed E-state index contributed by atoms with van der Waals surface area (Å²) in [6, 6.07) is 7.32. The van der Waals surface area contributed by atoms with E-state index in [1.54, 1.807) is 4.57 Å². The Morgan fingerprint density at radius 3 is 2.72 bits per heavy atom. The van der Waals surface area contributed by atoms with Crippen molar-refractivity contribution >= 4 is 33.7 Å². The van der Waals surface area contributed by atoms with Gasteiger partial charge in [-0.15, -0.1) is 10.2 Å². The third-order valence-electron chi connectivity index (χ3n) is 4.87. The molecule has 4 rings (SSSR count). The van der Waals surface area contributed by atoms with Gasteiger partial charge in [0.1, 0.15) is 0 Å². The summed E-state index contributed by atoms with van der Waals surface area (Å²) >= 11 is 0. The van der Waals surface area contributed by atoms with Crippen LogP contribution in [0.25, 0.3) is 22.1 Å². The zero-order valence-electron chi connectivity index (χ0n) is 16.1. The molecule has 10 heteroatoms. The Labute approximate surface area is 164 Å². The smallest absolute Gasteiger partial charge is 0.329 e. The lowest BCUT2D eigenvalue weighted by Gasteiger charge is -2.05. The van der Waals surface area contributed by atoms with Crippen LogP contribution in [0.2, 0.25) is 0 Å². The number of imidazole rings is 1. The number of aromatic hydroxyl groups is 1. The van der Waals surface area contributed by atoms with Crippen LogP contribution in [0.4, 0.5) is 11.6 Å². The summed E-state index contributed by atoms with van der Waals surface area (Å²) in [7, 11) is 1.54. The van der Waals surface area contributed by atoms with Crippen molar-refractivity contribution < 1.29 is 5.11 Å². The predicted octanol–water partition coefficient (Wildman–Crippen LogP) is 3.22. The molecule has 0 aliphatic rings. The Hall–Kier alpha value is -3.69. The van der Waals surface area contributed by atoms with E-state index in [-0.39, 0.29) is 28.7 Å². The topological polar surface area (TPSA) is 133 Å². The molecule has 0 fully saturated rings. The fraction of sp³-hybridized carbons (Fsp3) is 0.316. The van der Waals surface area contributed by atoms with Crippen molar-refractivity contribution in [3.63, 3.8) is 0 Å². The van der Waals surface area contributed by atoms with E-state index in [9.17, 15) is 14.7 Å². The second-order valence-corrected chi connectivity index (χ2v) is 6.83. The Morgan fingerprint density at radius 1 is 1.14 bits per heavy atom. The number of unbranched alkanes of at least 4 members (excludes halogenated alkanes) is 2. The molecule has 0 aliphatic heterocycles. The van der Waals surface area contributed by atoms with Crippen molar-refractivity contribution in [3.8, 4) is 5.88 Å². The molecule has 4 aromatic rings. The fourth-order valence-electron chi connectivity index (χ4n) is 3.34. The summed E-state index contributed by atoms with van der Waals surface area (Å²) in [5.74, 6) is 0.0984. The van der Waals surface area contributed by atoms with Gasteiger partial charge in [-0.1, -0.05) is 38.0 Å². The molecule has 0 unspecified atom stereocenters. The van der Waals surface area contributed by atoms with Gasteiger partial charge in [0.25, 0.3) is 11.5 Å². The molecule has 0 saturated carbocycles. The van der Waals surface area contributed by atoms with Crippen LogP contribution in [0.5, 0.6) is 5.88 Å². The van der Waals surface area contributed by atoms with Crippen LogP contribution in [0, 0.1) is 0 Å². The first-order valence-electron chi connectivity index (χ1n) is 9.42. The Kier molecular flexibility index (Phi) is 4.75. The highest BCUT2D eigenvalue weighted by Crippen LogP contribution is 2.36. The molecule has 10 nitrogen and oxygen atoms in total. The molecule has 0 atom stereocenters. The largest absolute Gasteiger partial charge is 0.493 e. The molecule has 0 aliphatic carbocycles. The van der Waals surface area contributed by atoms with Gasteiger partial charge in [-0.2, -0.15) is 4.98 Å². The van der Waals surface area contributed by atoms with Gasteiger partial charge in [0, 0.05) is 19.0 Å². The summed E-state index contributed by atoms with van der Waals surface area (Å²) in [5.41, 5.74) is 0.486. The van der Waals surface area contributed by atoms with Crippen molar-refractivity contribution in [3.05, 3.63) is 45.1 Å². The Balaban J connectivity index is 1.87. The molecular weight excluding hydrogens is 374 g/mol. The van der Waals surface area contributed by atoms with E-state index in [0.29, 0.717) is 11.9 Å². The molecule has 0 spiro atoms. The van der Waals surface area contributed by atoms with Gasteiger partial charge in [0.15, 0.2) is 16.9 Å². The highest BCUT2D eigenvalue weighted by atomic mass is 16.3. The number of hydrogen-bond donors (Lipinski definition) is 3. The molecular formula is C19H21N7O3. The van der Waals surface area contributed by atoms with Crippen LogP contribution in [0.3, 0.4) is 0 Å². The zero-order chi connectivity index (χ0) is 20.5. The number of aryl methyl sites for hydroxylation is 2. The monoisotopic (exact) mass is 395 g/mol. The summed E-state index contributed by atoms with van der Waals surface area (Å²) in [5, 5.41) is 19.3. The van der Waals surface area contributed by atoms with Crippen LogP contribution < -0.4 is 11.2 Å². The number of para-hydroxylation sites is 1. The lowest BCUT2D eigenvalue weighted by molar-refractivity contribution is 0.459. The van der Waals surface area contributed by atoms with E-state index in [1.807, 2.05) is 24.3 Å². The standard InChI is InChI=1S/C19H21N7O3/c1-3-4-7-10-26-14-15(25(2)19(29)22-17(14)28)21-18(26)24-23-13-11-8-5-6-9-12(11)20-16(13)27/h5-6,8-9,20,27H,3-4,7,10H2,1-2H3,(H,22,28,29). The first-order valence-corrected chi connectivity index (χ1v) is 9.42.